The minimum absolute atomic E-state index is 0.138. The van der Waals surface area contributed by atoms with Crippen LogP contribution in [0.4, 0.5) is 5.69 Å². The predicted molar refractivity (Wildman–Crippen MR) is 84.0 cm³/mol. The maximum Gasteiger partial charge on any atom is 0.138 e. The molecule has 0 aliphatic rings. The summed E-state index contributed by atoms with van der Waals surface area (Å²) in [7, 11) is 0. The Labute approximate surface area is 125 Å². The lowest BCUT2D eigenvalue weighted by atomic mass is 10.1. The monoisotopic (exact) mass is 337 g/mol. The lowest BCUT2D eigenvalue weighted by Crippen LogP contribution is -1.86. The average molecular weight is 339 g/mol. The van der Waals surface area contributed by atoms with E-state index in [4.69, 9.17) is 11.6 Å². The van der Waals surface area contributed by atoms with Gasteiger partial charge >= 0.3 is 0 Å². The van der Waals surface area contributed by atoms with Gasteiger partial charge < -0.3 is 5.11 Å². The Morgan fingerprint density at radius 3 is 2.47 bits per heavy atom. The number of nitrogens with zero attached hydrogens (tertiary/aromatic N) is 1. The highest BCUT2D eigenvalue weighted by molar-refractivity contribution is 9.10. The van der Waals surface area contributed by atoms with E-state index in [1.165, 1.54) is 0 Å². The van der Waals surface area contributed by atoms with Crippen LogP contribution in [0, 0.1) is 13.8 Å². The number of rotatable bonds is 2. The van der Waals surface area contributed by atoms with Gasteiger partial charge in [-0.05, 0) is 53.0 Å². The third-order valence-electron chi connectivity index (χ3n) is 2.83. The highest BCUT2D eigenvalue weighted by Crippen LogP contribution is 2.31. The molecule has 0 amide bonds. The first kappa shape index (κ1) is 14.1. The number of para-hydroxylation sites is 1. The number of phenolic OH excluding ortho intramolecular Hbond substituents is 1. The summed E-state index contributed by atoms with van der Waals surface area (Å²) in [5.74, 6) is 0.138. The molecule has 0 spiro atoms. The smallest absolute Gasteiger partial charge is 0.138 e. The molecule has 0 saturated carbocycles. The molecule has 0 aromatic heterocycles. The molecule has 2 aromatic carbocycles. The molecule has 0 saturated heterocycles. The quantitative estimate of drug-likeness (QED) is 0.752. The van der Waals surface area contributed by atoms with Crippen LogP contribution in [0.3, 0.4) is 0 Å². The van der Waals surface area contributed by atoms with Crippen molar-refractivity contribution in [2.75, 3.05) is 0 Å². The summed E-state index contributed by atoms with van der Waals surface area (Å²) in [6, 6.07) is 9.34. The molecule has 4 heteroatoms. The first-order chi connectivity index (χ1) is 8.99. The molecular weight excluding hydrogens is 326 g/mol. The highest BCUT2D eigenvalue weighted by atomic mass is 79.9. The normalized spacial score (nSPS) is 11.2. The fourth-order valence-corrected chi connectivity index (χ4v) is 2.66. The summed E-state index contributed by atoms with van der Waals surface area (Å²) in [6.45, 7) is 4.01. The fraction of sp³-hybridized carbons (Fsp3) is 0.133. The number of phenols is 1. The van der Waals surface area contributed by atoms with Crippen LogP contribution >= 0.6 is 27.5 Å². The number of benzene rings is 2. The van der Waals surface area contributed by atoms with Crippen LogP contribution in [-0.2, 0) is 0 Å². The largest absolute Gasteiger partial charge is 0.506 e. The number of halogens is 2. The van der Waals surface area contributed by atoms with Gasteiger partial charge in [-0.2, -0.15) is 0 Å². The third kappa shape index (κ3) is 3.17. The van der Waals surface area contributed by atoms with E-state index in [0.717, 1.165) is 16.8 Å². The summed E-state index contributed by atoms with van der Waals surface area (Å²) in [5.41, 5.74) is 3.69. The summed E-state index contributed by atoms with van der Waals surface area (Å²) in [5, 5.41) is 10.5. The summed E-state index contributed by atoms with van der Waals surface area (Å²) in [4.78, 5) is 4.45. The molecule has 0 aliphatic heterocycles. The van der Waals surface area contributed by atoms with Crippen molar-refractivity contribution < 1.29 is 5.11 Å². The zero-order chi connectivity index (χ0) is 14.0. The molecule has 0 bridgehead atoms. The second kappa shape index (κ2) is 5.76. The van der Waals surface area contributed by atoms with Gasteiger partial charge in [-0.1, -0.05) is 29.8 Å². The topological polar surface area (TPSA) is 32.6 Å². The average Bonchev–Trinajstić information content (AvgIpc) is 2.34. The first-order valence-electron chi connectivity index (χ1n) is 5.77. The van der Waals surface area contributed by atoms with Crippen molar-refractivity contribution in [2.45, 2.75) is 13.8 Å². The van der Waals surface area contributed by atoms with Crippen molar-refractivity contribution in [3.8, 4) is 5.75 Å². The van der Waals surface area contributed by atoms with E-state index in [-0.39, 0.29) is 5.75 Å². The Balaban J connectivity index is 2.44. The number of aromatic hydroxyl groups is 1. The predicted octanol–water partition coefficient (Wildman–Crippen LogP) is 5.18. The summed E-state index contributed by atoms with van der Waals surface area (Å²) < 4.78 is 0.558. The second-order valence-electron chi connectivity index (χ2n) is 4.32. The Morgan fingerprint density at radius 1 is 1.21 bits per heavy atom. The van der Waals surface area contributed by atoms with Gasteiger partial charge in [0.05, 0.1) is 10.2 Å². The molecule has 98 valence electrons. The Hall–Kier alpha value is -1.32. The Kier molecular flexibility index (Phi) is 4.27. The molecule has 2 rings (SSSR count). The van der Waals surface area contributed by atoms with Crippen LogP contribution in [0.2, 0.25) is 5.02 Å². The van der Waals surface area contributed by atoms with Crippen molar-refractivity contribution in [3.05, 3.63) is 56.5 Å². The van der Waals surface area contributed by atoms with E-state index in [2.05, 4.69) is 20.9 Å². The minimum atomic E-state index is 0.138. The van der Waals surface area contributed by atoms with Gasteiger partial charge in [0, 0.05) is 16.8 Å². The standard InChI is InChI=1S/C15H13BrClNO/c1-9-4-3-5-10(2)14(9)18-8-11-6-12(17)7-13(16)15(11)19/h3-8,19H,1-2H3. The Morgan fingerprint density at radius 2 is 1.84 bits per heavy atom. The molecular formula is C15H13BrClNO. The molecule has 0 atom stereocenters. The number of hydrogen-bond acceptors (Lipinski definition) is 2. The number of hydrogen-bond donors (Lipinski definition) is 1. The van der Waals surface area contributed by atoms with Crippen molar-refractivity contribution >= 4 is 39.4 Å². The lowest BCUT2D eigenvalue weighted by Gasteiger charge is -2.05. The van der Waals surface area contributed by atoms with E-state index < -0.39 is 0 Å². The van der Waals surface area contributed by atoms with Gasteiger partial charge in [-0.15, -0.1) is 0 Å². The van der Waals surface area contributed by atoms with Crippen LogP contribution in [0.5, 0.6) is 5.75 Å². The molecule has 19 heavy (non-hydrogen) atoms. The molecule has 0 aliphatic carbocycles. The minimum Gasteiger partial charge on any atom is -0.506 e. The maximum atomic E-state index is 9.94. The van der Waals surface area contributed by atoms with Gasteiger partial charge in [0.25, 0.3) is 0 Å². The van der Waals surface area contributed by atoms with Gasteiger partial charge in [0.15, 0.2) is 0 Å². The van der Waals surface area contributed by atoms with Crippen molar-refractivity contribution in [1.29, 1.82) is 0 Å². The van der Waals surface area contributed by atoms with Crippen LogP contribution in [-0.4, -0.2) is 11.3 Å². The molecule has 0 unspecified atom stereocenters. The third-order valence-corrected chi connectivity index (χ3v) is 3.65. The first-order valence-corrected chi connectivity index (χ1v) is 6.94. The molecule has 2 nitrogen and oxygen atoms in total. The molecule has 1 N–H and O–H groups in total. The summed E-state index contributed by atoms with van der Waals surface area (Å²) in [6.07, 6.45) is 1.63. The molecule has 0 heterocycles. The van der Waals surface area contributed by atoms with E-state index in [1.54, 1.807) is 18.3 Å². The molecule has 0 fully saturated rings. The maximum absolute atomic E-state index is 9.94. The van der Waals surface area contributed by atoms with E-state index >= 15 is 0 Å². The number of aliphatic imine (C=N–C) groups is 1. The highest BCUT2D eigenvalue weighted by Gasteiger charge is 2.06. The number of aryl methyl sites for hydroxylation is 2. The van der Waals surface area contributed by atoms with Crippen LogP contribution < -0.4 is 0 Å². The van der Waals surface area contributed by atoms with E-state index in [0.29, 0.717) is 15.1 Å². The molecule has 0 radical (unpaired) electrons. The van der Waals surface area contributed by atoms with Crippen LogP contribution in [0.25, 0.3) is 0 Å². The zero-order valence-electron chi connectivity index (χ0n) is 10.6. The zero-order valence-corrected chi connectivity index (χ0v) is 13.0. The van der Waals surface area contributed by atoms with E-state index in [9.17, 15) is 5.11 Å². The van der Waals surface area contributed by atoms with Gasteiger partial charge in [-0.25, -0.2) is 0 Å². The Bertz CT molecular complexity index is 633. The molecule has 2 aromatic rings. The van der Waals surface area contributed by atoms with Crippen LogP contribution in [0.15, 0.2) is 39.8 Å². The van der Waals surface area contributed by atoms with Crippen molar-refractivity contribution in [1.82, 2.24) is 0 Å². The fourth-order valence-electron chi connectivity index (χ4n) is 1.83. The summed E-state index contributed by atoms with van der Waals surface area (Å²) >= 11 is 9.22. The van der Waals surface area contributed by atoms with Gasteiger partial charge in [0.2, 0.25) is 0 Å². The van der Waals surface area contributed by atoms with Gasteiger partial charge in [-0.3, -0.25) is 4.99 Å². The van der Waals surface area contributed by atoms with E-state index in [1.807, 2.05) is 32.0 Å². The van der Waals surface area contributed by atoms with Crippen molar-refractivity contribution in [3.63, 3.8) is 0 Å². The van der Waals surface area contributed by atoms with Gasteiger partial charge in [0.1, 0.15) is 5.75 Å². The van der Waals surface area contributed by atoms with Crippen molar-refractivity contribution in [2.24, 2.45) is 4.99 Å². The van der Waals surface area contributed by atoms with Crippen LogP contribution in [0.1, 0.15) is 16.7 Å². The second-order valence-corrected chi connectivity index (χ2v) is 5.61. The lowest BCUT2D eigenvalue weighted by molar-refractivity contribution is 0.471. The SMILES string of the molecule is Cc1cccc(C)c1N=Cc1cc(Cl)cc(Br)c1O.